The molecule has 1 heterocycles. The van der Waals surface area contributed by atoms with Crippen molar-refractivity contribution in [1.29, 1.82) is 0 Å². The molecule has 0 bridgehead atoms. The molecule has 0 unspecified atom stereocenters. The lowest BCUT2D eigenvalue weighted by Gasteiger charge is -2.10. The molecule has 180 valence electrons. The van der Waals surface area contributed by atoms with E-state index in [9.17, 15) is 4.79 Å². The fourth-order valence-electron chi connectivity index (χ4n) is 4.08. The second-order valence-electron chi connectivity index (χ2n) is 8.31. The number of hydrogen-bond acceptors (Lipinski definition) is 4. The van der Waals surface area contributed by atoms with Crippen LogP contribution in [0.2, 0.25) is 0 Å². The van der Waals surface area contributed by atoms with Crippen molar-refractivity contribution in [2.45, 2.75) is 20.3 Å². The number of carbonyl (C=O) groups excluding carboxylic acids is 1. The lowest BCUT2D eigenvalue weighted by atomic mass is 9.97. The fourth-order valence-corrected chi connectivity index (χ4v) is 4.08. The summed E-state index contributed by atoms with van der Waals surface area (Å²) in [5.41, 5.74) is 6.81. The summed E-state index contributed by atoms with van der Waals surface area (Å²) in [5, 5.41) is 3.88. The molecule has 0 aliphatic heterocycles. The summed E-state index contributed by atoms with van der Waals surface area (Å²) in [4.78, 5) is 12.4. The van der Waals surface area contributed by atoms with Gasteiger partial charge in [-0.3, -0.25) is 4.79 Å². The molecule has 1 N–H and O–H groups in total. The fraction of sp³-hybridized carbons (Fsp3) is 0.233. The Morgan fingerprint density at radius 2 is 1.71 bits per heavy atom. The summed E-state index contributed by atoms with van der Waals surface area (Å²) in [6, 6.07) is 22.7. The number of ether oxygens (including phenoxy) is 2. The van der Waals surface area contributed by atoms with Crippen LogP contribution in [0.25, 0.3) is 38.8 Å². The smallest absolute Gasteiger partial charge is 0.244 e. The first-order chi connectivity index (χ1) is 17.1. The molecule has 35 heavy (non-hydrogen) atoms. The van der Waals surface area contributed by atoms with Crippen molar-refractivity contribution in [3.63, 3.8) is 0 Å². The predicted molar refractivity (Wildman–Crippen MR) is 141 cm³/mol. The van der Waals surface area contributed by atoms with Crippen LogP contribution >= 0.6 is 0 Å². The Bertz CT molecular complexity index is 1300. The van der Waals surface area contributed by atoms with E-state index in [1.54, 1.807) is 19.4 Å². The van der Waals surface area contributed by atoms with E-state index in [0.717, 1.165) is 45.2 Å². The topological polar surface area (TPSA) is 60.7 Å². The molecular weight excluding hydrogens is 438 g/mol. The van der Waals surface area contributed by atoms with Gasteiger partial charge in [0.25, 0.3) is 0 Å². The molecule has 0 saturated carbocycles. The van der Waals surface area contributed by atoms with Gasteiger partial charge >= 0.3 is 0 Å². The van der Waals surface area contributed by atoms with E-state index in [-0.39, 0.29) is 5.91 Å². The standard InChI is InChI=1S/C30H31NO4/c1-4-34-16-8-15-31-30(32)17-21(2)25-18-26-27(20-35-29(26)19-28(25)33-3)24-13-11-23(12-14-24)22-9-6-5-7-10-22/h5-7,9-14,17-20H,4,8,15-16H2,1-3H3,(H,31,32)/b21-17+. The van der Waals surface area contributed by atoms with E-state index in [2.05, 4.69) is 41.7 Å². The summed E-state index contributed by atoms with van der Waals surface area (Å²) in [6.07, 6.45) is 4.16. The molecule has 0 atom stereocenters. The molecule has 0 spiro atoms. The summed E-state index contributed by atoms with van der Waals surface area (Å²) >= 11 is 0. The Morgan fingerprint density at radius 3 is 2.43 bits per heavy atom. The molecule has 5 nitrogen and oxygen atoms in total. The molecule has 0 aliphatic carbocycles. The number of allylic oxidation sites excluding steroid dienone is 1. The first kappa shape index (κ1) is 24.3. The van der Waals surface area contributed by atoms with E-state index in [4.69, 9.17) is 13.9 Å². The predicted octanol–water partition coefficient (Wildman–Crippen LogP) is 6.72. The van der Waals surface area contributed by atoms with Gasteiger partial charge in [-0.05, 0) is 48.6 Å². The third-order valence-electron chi connectivity index (χ3n) is 5.94. The summed E-state index contributed by atoms with van der Waals surface area (Å²) in [7, 11) is 1.62. The number of carbonyl (C=O) groups is 1. The van der Waals surface area contributed by atoms with Gasteiger partial charge in [-0.25, -0.2) is 0 Å². The maximum absolute atomic E-state index is 12.4. The molecule has 3 aromatic carbocycles. The van der Waals surface area contributed by atoms with Crippen molar-refractivity contribution >= 4 is 22.4 Å². The van der Waals surface area contributed by atoms with Gasteiger partial charge in [-0.1, -0.05) is 54.6 Å². The van der Waals surface area contributed by atoms with Crippen LogP contribution in [0.15, 0.2) is 83.5 Å². The third-order valence-corrected chi connectivity index (χ3v) is 5.94. The van der Waals surface area contributed by atoms with Crippen LogP contribution in [0, 0.1) is 0 Å². The summed E-state index contributed by atoms with van der Waals surface area (Å²) < 4.78 is 16.8. The first-order valence-electron chi connectivity index (χ1n) is 11.9. The average molecular weight is 470 g/mol. The minimum absolute atomic E-state index is 0.134. The Hall–Kier alpha value is -3.83. The maximum Gasteiger partial charge on any atom is 0.244 e. The average Bonchev–Trinajstić information content (AvgIpc) is 3.31. The number of methoxy groups -OCH3 is 1. The lowest BCUT2D eigenvalue weighted by Crippen LogP contribution is -2.23. The minimum Gasteiger partial charge on any atom is -0.496 e. The van der Waals surface area contributed by atoms with Crippen molar-refractivity contribution < 1.29 is 18.7 Å². The van der Waals surface area contributed by atoms with Crippen molar-refractivity contribution in [1.82, 2.24) is 5.32 Å². The number of rotatable bonds is 10. The van der Waals surface area contributed by atoms with Crippen molar-refractivity contribution in [3.8, 4) is 28.0 Å². The number of amides is 1. The van der Waals surface area contributed by atoms with Gasteiger partial charge in [-0.15, -0.1) is 0 Å². The minimum atomic E-state index is -0.134. The number of hydrogen-bond donors (Lipinski definition) is 1. The van der Waals surface area contributed by atoms with Gasteiger partial charge in [-0.2, -0.15) is 0 Å². The largest absolute Gasteiger partial charge is 0.496 e. The zero-order chi connectivity index (χ0) is 24.6. The van der Waals surface area contributed by atoms with Crippen LogP contribution in [-0.2, 0) is 9.53 Å². The van der Waals surface area contributed by atoms with Crippen molar-refractivity contribution in [2.24, 2.45) is 0 Å². The van der Waals surface area contributed by atoms with Gasteiger partial charge in [0.2, 0.25) is 5.91 Å². The molecule has 0 saturated heterocycles. The highest BCUT2D eigenvalue weighted by Gasteiger charge is 2.15. The van der Waals surface area contributed by atoms with E-state index < -0.39 is 0 Å². The molecular formula is C30H31NO4. The van der Waals surface area contributed by atoms with Crippen LogP contribution in [-0.4, -0.2) is 32.8 Å². The Morgan fingerprint density at radius 1 is 1.00 bits per heavy atom. The van der Waals surface area contributed by atoms with Crippen LogP contribution in [0.4, 0.5) is 0 Å². The quantitative estimate of drug-likeness (QED) is 0.207. The monoisotopic (exact) mass is 469 g/mol. The second kappa shape index (κ2) is 11.5. The van der Waals surface area contributed by atoms with E-state index in [1.807, 2.05) is 44.2 Å². The summed E-state index contributed by atoms with van der Waals surface area (Å²) in [5.74, 6) is 0.529. The van der Waals surface area contributed by atoms with Crippen molar-refractivity contribution in [2.75, 3.05) is 26.9 Å². The SMILES string of the molecule is CCOCCCNC(=O)/C=C(\C)c1cc2c(-c3ccc(-c4ccccc4)cc3)coc2cc1OC. The normalized spacial score (nSPS) is 11.6. The molecule has 0 radical (unpaired) electrons. The number of furan rings is 1. The third kappa shape index (κ3) is 5.81. The molecule has 4 aromatic rings. The maximum atomic E-state index is 12.4. The number of benzene rings is 3. The summed E-state index contributed by atoms with van der Waals surface area (Å²) in [6.45, 7) is 5.77. The van der Waals surface area contributed by atoms with E-state index in [0.29, 0.717) is 25.5 Å². The molecule has 5 heteroatoms. The molecule has 4 rings (SSSR count). The van der Waals surface area contributed by atoms with E-state index in [1.165, 1.54) is 5.56 Å². The van der Waals surface area contributed by atoms with Gasteiger partial charge in [0.1, 0.15) is 11.3 Å². The van der Waals surface area contributed by atoms with Crippen molar-refractivity contribution in [3.05, 3.63) is 84.6 Å². The first-order valence-corrected chi connectivity index (χ1v) is 11.9. The second-order valence-corrected chi connectivity index (χ2v) is 8.31. The van der Waals surface area contributed by atoms with Gasteiger partial charge in [0, 0.05) is 48.4 Å². The Kier molecular flexibility index (Phi) is 8.01. The van der Waals surface area contributed by atoms with E-state index >= 15 is 0 Å². The molecule has 1 aromatic heterocycles. The highest BCUT2D eigenvalue weighted by Crippen LogP contribution is 2.37. The lowest BCUT2D eigenvalue weighted by molar-refractivity contribution is -0.116. The highest BCUT2D eigenvalue weighted by molar-refractivity contribution is 6.00. The number of fused-ring (bicyclic) bond motifs is 1. The van der Waals surface area contributed by atoms with Gasteiger partial charge in [0.15, 0.2) is 0 Å². The van der Waals surface area contributed by atoms with Crippen LogP contribution in [0.3, 0.4) is 0 Å². The van der Waals surface area contributed by atoms with Crippen LogP contribution in [0.5, 0.6) is 5.75 Å². The Balaban J connectivity index is 1.60. The van der Waals surface area contributed by atoms with Gasteiger partial charge in [0.05, 0.1) is 13.4 Å². The molecule has 0 fully saturated rings. The van der Waals surface area contributed by atoms with Crippen LogP contribution < -0.4 is 10.1 Å². The highest BCUT2D eigenvalue weighted by atomic mass is 16.5. The Labute approximate surface area is 206 Å². The van der Waals surface area contributed by atoms with Crippen LogP contribution in [0.1, 0.15) is 25.8 Å². The van der Waals surface area contributed by atoms with Gasteiger partial charge < -0.3 is 19.2 Å². The zero-order valence-electron chi connectivity index (χ0n) is 20.5. The number of nitrogens with one attached hydrogen (secondary N) is 1. The zero-order valence-corrected chi connectivity index (χ0v) is 20.5. The molecule has 0 aliphatic rings. The molecule has 1 amide bonds.